The Labute approximate surface area is 136 Å². The number of carbonyl (C=O) groups excluding carboxylic acids is 1. The second-order valence-corrected chi connectivity index (χ2v) is 8.36. The number of rotatable bonds is 5. The summed E-state index contributed by atoms with van der Waals surface area (Å²) < 4.78 is 31.5. The van der Waals surface area contributed by atoms with Gasteiger partial charge in [-0.05, 0) is 36.3 Å². The fourth-order valence-corrected chi connectivity index (χ4v) is 4.95. The fourth-order valence-electron chi connectivity index (χ4n) is 3.35. The lowest BCUT2D eigenvalue weighted by atomic mass is 10.0. The third-order valence-electron chi connectivity index (χ3n) is 4.66. The van der Waals surface area contributed by atoms with E-state index >= 15 is 0 Å². The van der Waals surface area contributed by atoms with Gasteiger partial charge in [0.2, 0.25) is 15.9 Å². The molecule has 1 unspecified atom stereocenters. The van der Waals surface area contributed by atoms with Crippen molar-refractivity contribution in [3.8, 4) is 0 Å². The highest BCUT2D eigenvalue weighted by Gasteiger charge is 2.32. The Kier molecular flexibility index (Phi) is 4.70. The number of nitrogens with two attached hydrogens (primary N) is 1. The van der Waals surface area contributed by atoms with Crippen LogP contribution in [0, 0.1) is 5.92 Å². The summed E-state index contributed by atoms with van der Waals surface area (Å²) in [6.45, 7) is 0.529. The molecule has 0 saturated carbocycles. The summed E-state index contributed by atoms with van der Waals surface area (Å²) >= 11 is 0. The molecule has 126 valence electrons. The fraction of sp³-hybridized carbons (Fsp3) is 0.562. The molecule has 1 aliphatic carbocycles. The predicted molar refractivity (Wildman–Crippen MR) is 86.3 cm³/mol. The molecule has 1 aromatic rings. The van der Waals surface area contributed by atoms with E-state index in [1.54, 1.807) is 0 Å². The van der Waals surface area contributed by atoms with E-state index < -0.39 is 22.0 Å². The molecule has 23 heavy (non-hydrogen) atoms. The van der Waals surface area contributed by atoms with Gasteiger partial charge in [0.05, 0.1) is 12.4 Å². The molecule has 2 aliphatic rings. The minimum Gasteiger partial charge on any atom is -0.367 e. The van der Waals surface area contributed by atoms with Crippen LogP contribution in [0.1, 0.15) is 17.5 Å². The summed E-state index contributed by atoms with van der Waals surface area (Å²) in [5, 5.41) is 0. The molecule has 1 aliphatic heterocycles. The molecule has 2 N–H and O–H groups in total. The lowest BCUT2D eigenvalue weighted by molar-refractivity contribution is -0.132. The maximum Gasteiger partial charge on any atom is 0.247 e. The van der Waals surface area contributed by atoms with Crippen LogP contribution < -0.4 is 5.73 Å². The smallest absolute Gasteiger partial charge is 0.247 e. The summed E-state index contributed by atoms with van der Waals surface area (Å²) in [5.41, 5.74) is 7.87. The molecule has 0 aromatic heterocycles. The molecule has 1 amide bonds. The SMILES string of the molecule is NC(=O)C1CN(S(=O)(=O)CCC2Cc3ccccc3C2)CCO1. The summed E-state index contributed by atoms with van der Waals surface area (Å²) in [7, 11) is -3.38. The van der Waals surface area contributed by atoms with Gasteiger partial charge in [0.1, 0.15) is 6.10 Å². The maximum atomic E-state index is 12.5. The third kappa shape index (κ3) is 3.73. The van der Waals surface area contributed by atoms with Crippen molar-refractivity contribution in [2.45, 2.75) is 25.4 Å². The van der Waals surface area contributed by atoms with Crippen LogP contribution in [0.2, 0.25) is 0 Å². The Balaban J connectivity index is 1.56. The number of morpholine rings is 1. The normalized spacial score (nSPS) is 22.9. The van der Waals surface area contributed by atoms with Crippen LogP contribution in [0.4, 0.5) is 0 Å². The van der Waals surface area contributed by atoms with Crippen LogP contribution in [0.3, 0.4) is 0 Å². The molecular formula is C16H22N2O4S. The molecule has 3 rings (SSSR count). The number of benzene rings is 1. The van der Waals surface area contributed by atoms with E-state index in [0.29, 0.717) is 12.3 Å². The van der Waals surface area contributed by atoms with Crippen molar-refractivity contribution in [3.05, 3.63) is 35.4 Å². The Morgan fingerprint density at radius 2 is 1.91 bits per heavy atom. The first-order valence-corrected chi connectivity index (χ1v) is 9.52. The highest BCUT2D eigenvalue weighted by Crippen LogP contribution is 2.29. The summed E-state index contributed by atoms with van der Waals surface area (Å²) in [4.78, 5) is 11.2. The van der Waals surface area contributed by atoms with E-state index in [1.165, 1.54) is 15.4 Å². The van der Waals surface area contributed by atoms with Crippen LogP contribution in [-0.2, 0) is 32.4 Å². The van der Waals surface area contributed by atoms with Gasteiger partial charge in [-0.2, -0.15) is 4.31 Å². The van der Waals surface area contributed by atoms with Crippen LogP contribution >= 0.6 is 0 Å². The quantitative estimate of drug-likeness (QED) is 0.836. The molecule has 1 heterocycles. The number of ether oxygens (including phenoxy) is 1. The molecular weight excluding hydrogens is 316 g/mol. The largest absolute Gasteiger partial charge is 0.367 e. The molecule has 1 aromatic carbocycles. The zero-order valence-corrected chi connectivity index (χ0v) is 13.8. The average molecular weight is 338 g/mol. The second kappa shape index (κ2) is 6.59. The van der Waals surface area contributed by atoms with E-state index in [0.717, 1.165) is 12.8 Å². The first kappa shape index (κ1) is 16.4. The average Bonchev–Trinajstić information content (AvgIpc) is 2.96. The molecule has 0 bridgehead atoms. The Bertz CT molecular complexity index is 664. The predicted octanol–water partition coefficient (Wildman–Crippen LogP) is 0.307. The molecule has 1 saturated heterocycles. The Morgan fingerprint density at radius 1 is 1.26 bits per heavy atom. The molecule has 6 nitrogen and oxygen atoms in total. The first-order chi connectivity index (χ1) is 11.0. The summed E-state index contributed by atoms with van der Waals surface area (Å²) in [6.07, 6.45) is 1.68. The monoisotopic (exact) mass is 338 g/mol. The van der Waals surface area contributed by atoms with E-state index in [4.69, 9.17) is 10.5 Å². The third-order valence-corrected chi connectivity index (χ3v) is 6.53. The van der Waals surface area contributed by atoms with Crippen molar-refractivity contribution in [1.82, 2.24) is 4.31 Å². The summed E-state index contributed by atoms with van der Waals surface area (Å²) in [5.74, 6) is -0.136. The second-order valence-electron chi connectivity index (χ2n) is 6.27. The number of hydrogen-bond donors (Lipinski definition) is 1. The van der Waals surface area contributed by atoms with Crippen LogP contribution in [0.5, 0.6) is 0 Å². The molecule has 0 radical (unpaired) electrons. The zero-order valence-electron chi connectivity index (χ0n) is 13.0. The van der Waals surface area contributed by atoms with E-state index in [9.17, 15) is 13.2 Å². The number of primary amides is 1. The van der Waals surface area contributed by atoms with Gasteiger partial charge >= 0.3 is 0 Å². The Morgan fingerprint density at radius 3 is 2.52 bits per heavy atom. The van der Waals surface area contributed by atoms with Crippen molar-refractivity contribution in [1.29, 1.82) is 0 Å². The first-order valence-electron chi connectivity index (χ1n) is 7.91. The minimum absolute atomic E-state index is 0.0303. The van der Waals surface area contributed by atoms with Crippen LogP contribution in [0.15, 0.2) is 24.3 Å². The van der Waals surface area contributed by atoms with Gasteiger partial charge in [0.15, 0.2) is 0 Å². The van der Waals surface area contributed by atoms with Crippen molar-refractivity contribution < 1.29 is 17.9 Å². The number of amides is 1. The lowest BCUT2D eigenvalue weighted by Crippen LogP contribution is -2.50. The minimum atomic E-state index is -3.38. The van der Waals surface area contributed by atoms with Gasteiger partial charge in [-0.25, -0.2) is 8.42 Å². The van der Waals surface area contributed by atoms with Crippen molar-refractivity contribution >= 4 is 15.9 Å². The molecule has 1 atom stereocenters. The van der Waals surface area contributed by atoms with E-state index in [2.05, 4.69) is 12.1 Å². The van der Waals surface area contributed by atoms with Crippen LogP contribution in [-0.4, -0.2) is 50.2 Å². The highest BCUT2D eigenvalue weighted by atomic mass is 32.2. The number of fused-ring (bicyclic) bond motifs is 1. The van der Waals surface area contributed by atoms with Gasteiger partial charge in [0.25, 0.3) is 0 Å². The van der Waals surface area contributed by atoms with Crippen molar-refractivity contribution in [2.24, 2.45) is 11.7 Å². The summed E-state index contributed by atoms with van der Waals surface area (Å²) in [6, 6.07) is 8.28. The standard InChI is InChI=1S/C16H22N2O4S/c17-16(19)15-11-18(6-7-22-15)23(20,21)8-5-12-9-13-3-1-2-4-14(13)10-12/h1-4,12,15H,5-11H2,(H2,17,19). The van der Waals surface area contributed by atoms with E-state index in [-0.39, 0.29) is 25.4 Å². The lowest BCUT2D eigenvalue weighted by Gasteiger charge is -2.30. The zero-order chi connectivity index (χ0) is 16.4. The van der Waals surface area contributed by atoms with E-state index in [1.807, 2.05) is 12.1 Å². The number of hydrogen-bond acceptors (Lipinski definition) is 4. The maximum absolute atomic E-state index is 12.5. The van der Waals surface area contributed by atoms with Crippen molar-refractivity contribution in [2.75, 3.05) is 25.4 Å². The van der Waals surface area contributed by atoms with Gasteiger partial charge in [0, 0.05) is 13.1 Å². The molecule has 0 spiro atoms. The van der Waals surface area contributed by atoms with Gasteiger partial charge in [-0.1, -0.05) is 24.3 Å². The number of carbonyl (C=O) groups is 1. The number of nitrogens with zero attached hydrogens (tertiary/aromatic N) is 1. The molecule has 7 heteroatoms. The number of sulfonamides is 1. The Hall–Kier alpha value is -1.44. The van der Waals surface area contributed by atoms with Gasteiger partial charge < -0.3 is 10.5 Å². The van der Waals surface area contributed by atoms with Gasteiger partial charge in [-0.3, -0.25) is 4.79 Å². The molecule has 1 fully saturated rings. The highest BCUT2D eigenvalue weighted by molar-refractivity contribution is 7.89. The topological polar surface area (TPSA) is 89.7 Å². The van der Waals surface area contributed by atoms with Crippen molar-refractivity contribution in [3.63, 3.8) is 0 Å². The van der Waals surface area contributed by atoms with Gasteiger partial charge in [-0.15, -0.1) is 0 Å². The van der Waals surface area contributed by atoms with Crippen LogP contribution in [0.25, 0.3) is 0 Å².